The summed E-state index contributed by atoms with van der Waals surface area (Å²) >= 11 is 0. The second-order valence-corrected chi connectivity index (χ2v) is 6.34. The van der Waals surface area contributed by atoms with Crippen LogP contribution in [-0.2, 0) is 0 Å². The predicted molar refractivity (Wildman–Crippen MR) is 81.0 cm³/mol. The van der Waals surface area contributed by atoms with Gasteiger partial charge in [0, 0.05) is 19.1 Å². The molecule has 0 aromatic heterocycles. The minimum atomic E-state index is 0.776. The Labute approximate surface area is 115 Å². The zero-order valence-corrected chi connectivity index (χ0v) is 13.0. The van der Waals surface area contributed by atoms with Gasteiger partial charge in [0.15, 0.2) is 0 Å². The summed E-state index contributed by atoms with van der Waals surface area (Å²) in [7, 11) is 2.30. The molecule has 0 heterocycles. The van der Waals surface area contributed by atoms with Crippen molar-refractivity contribution in [3.8, 4) is 0 Å². The average molecular weight is 254 g/mol. The average Bonchev–Trinajstić information content (AvgIpc) is 2.37. The Morgan fingerprint density at radius 3 is 2.61 bits per heavy atom. The van der Waals surface area contributed by atoms with Gasteiger partial charge in [-0.25, -0.2) is 0 Å². The highest BCUT2D eigenvalue weighted by Crippen LogP contribution is 2.25. The minimum Gasteiger partial charge on any atom is -0.314 e. The van der Waals surface area contributed by atoms with Gasteiger partial charge < -0.3 is 10.2 Å². The Balaban J connectivity index is 2.35. The minimum absolute atomic E-state index is 0.776. The van der Waals surface area contributed by atoms with E-state index in [0.29, 0.717) is 0 Å². The first-order valence-corrected chi connectivity index (χ1v) is 8.09. The fourth-order valence-corrected chi connectivity index (χ4v) is 3.16. The lowest BCUT2D eigenvalue weighted by atomic mass is 9.84. The SMILES string of the molecule is CCCNC1CCCCC1CN(C)CC(C)CC. The summed E-state index contributed by atoms with van der Waals surface area (Å²) in [6.45, 7) is 10.7. The van der Waals surface area contributed by atoms with Gasteiger partial charge in [-0.3, -0.25) is 0 Å². The van der Waals surface area contributed by atoms with E-state index in [-0.39, 0.29) is 0 Å². The lowest BCUT2D eigenvalue weighted by Gasteiger charge is -2.35. The van der Waals surface area contributed by atoms with Crippen LogP contribution in [0.5, 0.6) is 0 Å². The summed E-state index contributed by atoms with van der Waals surface area (Å²) in [6.07, 6.45) is 8.23. The lowest BCUT2D eigenvalue weighted by molar-refractivity contribution is 0.175. The van der Waals surface area contributed by atoms with E-state index in [4.69, 9.17) is 0 Å². The van der Waals surface area contributed by atoms with Gasteiger partial charge in [0.25, 0.3) is 0 Å². The van der Waals surface area contributed by atoms with Crippen LogP contribution < -0.4 is 5.32 Å². The molecule has 0 spiro atoms. The lowest BCUT2D eigenvalue weighted by Crippen LogP contribution is -2.44. The van der Waals surface area contributed by atoms with Crippen LogP contribution in [0.25, 0.3) is 0 Å². The summed E-state index contributed by atoms with van der Waals surface area (Å²) in [5.74, 6) is 1.71. The molecule has 1 rings (SSSR count). The van der Waals surface area contributed by atoms with Crippen molar-refractivity contribution in [2.75, 3.05) is 26.7 Å². The monoisotopic (exact) mass is 254 g/mol. The maximum Gasteiger partial charge on any atom is 0.0107 e. The van der Waals surface area contributed by atoms with Gasteiger partial charge in [-0.05, 0) is 44.7 Å². The van der Waals surface area contributed by atoms with Gasteiger partial charge in [0.1, 0.15) is 0 Å². The molecule has 1 saturated carbocycles. The summed E-state index contributed by atoms with van der Waals surface area (Å²) < 4.78 is 0. The summed E-state index contributed by atoms with van der Waals surface area (Å²) in [5, 5.41) is 3.77. The molecule has 2 nitrogen and oxygen atoms in total. The van der Waals surface area contributed by atoms with Crippen LogP contribution in [0.1, 0.15) is 59.3 Å². The number of nitrogens with zero attached hydrogens (tertiary/aromatic N) is 1. The van der Waals surface area contributed by atoms with Crippen molar-refractivity contribution >= 4 is 0 Å². The molecule has 1 aliphatic carbocycles. The zero-order valence-electron chi connectivity index (χ0n) is 13.0. The third-order valence-corrected chi connectivity index (χ3v) is 4.43. The van der Waals surface area contributed by atoms with E-state index in [1.54, 1.807) is 0 Å². The molecule has 0 radical (unpaired) electrons. The van der Waals surface area contributed by atoms with Crippen molar-refractivity contribution in [1.82, 2.24) is 10.2 Å². The quantitative estimate of drug-likeness (QED) is 0.713. The highest BCUT2D eigenvalue weighted by molar-refractivity contribution is 4.82. The van der Waals surface area contributed by atoms with E-state index in [0.717, 1.165) is 17.9 Å². The van der Waals surface area contributed by atoms with Crippen LogP contribution in [0.2, 0.25) is 0 Å². The van der Waals surface area contributed by atoms with E-state index in [9.17, 15) is 0 Å². The summed E-state index contributed by atoms with van der Waals surface area (Å²) in [6, 6.07) is 0.776. The predicted octanol–water partition coefficient (Wildman–Crippen LogP) is 3.52. The van der Waals surface area contributed by atoms with Crippen molar-refractivity contribution in [2.24, 2.45) is 11.8 Å². The molecule has 0 bridgehead atoms. The standard InChI is InChI=1S/C16H34N2/c1-5-11-17-16-10-8-7-9-15(16)13-18(4)12-14(3)6-2/h14-17H,5-13H2,1-4H3. The van der Waals surface area contributed by atoms with Crippen LogP contribution in [0.15, 0.2) is 0 Å². The molecule has 1 N–H and O–H groups in total. The van der Waals surface area contributed by atoms with Crippen LogP contribution in [-0.4, -0.2) is 37.6 Å². The fraction of sp³-hybridized carbons (Fsp3) is 1.00. The topological polar surface area (TPSA) is 15.3 Å². The third kappa shape index (κ3) is 5.71. The Bertz CT molecular complexity index is 205. The Morgan fingerprint density at radius 2 is 1.94 bits per heavy atom. The van der Waals surface area contributed by atoms with Gasteiger partial charge in [-0.15, -0.1) is 0 Å². The Kier molecular flexibility index (Phi) is 7.92. The van der Waals surface area contributed by atoms with E-state index < -0.39 is 0 Å². The largest absolute Gasteiger partial charge is 0.314 e. The molecule has 0 aromatic carbocycles. The fourth-order valence-electron chi connectivity index (χ4n) is 3.16. The first-order valence-electron chi connectivity index (χ1n) is 8.09. The molecular formula is C16H34N2. The summed E-state index contributed by atoms with van der Waals surface area (Å²) in [5.41, 5.74) is 0. The smallest absolute Gasteiger partial charge is 0.0107 e. The van der Waals surface area contributed by atoms with Crippen molar-refractivity contribution in [3.05, 3.63) is 0 Å². The van der Waals surface area contributed by atoms with Crippen molar-refractivity contribution in [3.63, 3.8) is 0 Å². The van der Waals surface area contributed by atoms with Crippen LogP contribution in [0.4, 0.5) is 0 Å². The molecule has 0 amide bonds. The van der Waals surface area contributed by atoms with Gasteiger partial charge in [0.05, 0.1) is 0 Å². The molecule has 1 aliphatic rings. The van der Waals surface area contributed by atoms with Crippen molar-refractivity contribution in [2.45, 2.75) is 65.3 Å². The maximum absolute atomic E-state index is 3.77. The van der Waals surface area contributed by atoms with Crippen LogP contribution >= 0.6 is 0 Å². The highest BCUT2D eigenvalue weighted by atomic mass is 15.1. The zero-order chi connectivity index (χ0) is 13.4. The Hall–Kier alpha value is -0.0800. The molecular weight excluding hydrogens is 220 g/mol. The van der Waals surface area contributed by atoms with E-state index in [2.05, 4.69) is 38.0 Å². The van der Waals surface area contributed by atoms with Gasteiger partial charge in [-0.1, -0.05) is 40.0 Å². The molecule has 108 valence electrons. The number of hydrogen-bond donors (Lipinski definition) is 1. The second kappa shape index (κ2) is 8.92. The number of rotatable bonds is 8. The molecule has 2 heteroatoms. The molecule has 0 saturated heterocycles. The first-order chi connectivity index (χ1) is 8.67. The van der Waals surface area contributed by atoms with Crippen molar-refractivity contribution < 1.29 is 0 Å². The highest BCUT2D eigenvalue weighted by Gasteiger charge is 2.25. The van der Waals surface area contributed by atoms with Gasteiger partial charge in [-0.2, -0.15) is 0 Å². The van der Waals surface area contributed by atoms with E-state index in [1.807, 2.05) is 0 Å². The van der Waals surface area contributed by atoms with Crippen LogP contribution in [0, 0.1) is 11.8 Å². The van der Waals surface area contributed by atoms with Gasteiger partial charge >= 0.3 is 0 Å². The second-order valence-electron chi connectivity index (χ2n) is 6.34. The molecule has 0 aromatic rings. The molecule has 18 heavy (non-hydrogen) atoms. The number of hydrogen-bond acceptors (Lipinski definition) is 2. The summed E-state index contributed by atoms with van der Waals surface area (Å²) in [4.78, 5) is 2.56. The normalized spacial score (nSPS) is 26.5. The molecule has 1 fully saturated rings. The maximum atomic E-state index is 3.77. The number of nitrogens with one attached hydrogen (secondary N) is 1. The first kappa shape index (κ1) is 16.0. The van der Waals surface area contributed by atoms with Gasteiger partial charge in [0.2, 0.25) is 0 Å². The van der Waals surface area contributed by atoms with Crippen molar-refractivity contribution in [1.29, 1.82) is 0 Å². The third-order valence-electron chi connectivity index (χ3n) is 4.43. The Morgan fingerprint density at radius 1 is 1.22 bits per heavy atom. The van der Waals surface area contributed by atoms with Crippen LogP contribution in [0.3, 0.4) is 0 Å². The molecule has 3 unspecified atom stereocenters. The molecule has 3 atom stereocenters. The molecule has 0 aliphatic heterocycles. The van der Waals surface area contributed by atoms with E-state index in [1.165, 1.54) is 58.2 Å². The van der Waals surface area contributed by atoms with E-state index >= 15 is 0 Å².